The molecule has 0 unspecified atom stereocenters. The second kappa shape index (κ2) is 5.76. The predicted molar refractivity (Wildman–Crippen MR) is 85.1 cm³/mol. The summed E-state index contributed by atoms with van der Waals surface area (Å²) < 4.78 is 0. The first-order valence-corrected chi connectivity index (χ1v) is 7.13. The number of carbonyl (C=O) groups excluding carboxylic acids is 1. The number of nitrogens with two attached hydrogens (primary N) is 1. The molecule has 4 nitrogen and oxygen atoms in total. The number of hydrogen-bond donors (Lipinski definition) is 2. The van der Waals surface area contributed by atoms with Gasteiger partial charge in [0.05, 0.1) is 17.3 Å². The molecular weight excluding hydrogens is 286 g/mol. The van der Waals surface area contributed by atoms with E-state index >= 15 is 0 Å². The van der Waals surface area contributed by atoms with E-state index in [1.165, 1.54) is 11.1 Å². The Hall–Kier alpha value is -2.04. The van der Waals surface area contributed by atoms with Gasteiger partial charge in [-0.3, -0.25) is 9.69 Å². The summed E-state index contributed by atoms with van der Waals surface area (Å²) in [4.78, 5) is 14.2. The van der Waals surface area contributed by atoms with Gasteiger partial charge >= 0.3 is 0 Å². The van der Waals surface area contributed by atoms with Crippen molar-refractivity contribution in [2.24, 2.45) is 0 Å². The van der Waals surface area contributed by atoms with E-state index in [1.54, 1.807) is 18.2 Å². The SMILES string of the molecule is Nc1ccc(NC(=O)CN2Cc3ccccc3C2)c(Cl)c1. The highest BCUT2D eigenvalue weighted by molar-refractivity contribution is 6.34. The number of rotatable bonds is 3. The molecule has 0 aromatic heterocycles. The van der Waals surface area contributed by atoms with E-state index in [1.807, 2.05) is 12.1 Å². The quantitative estimate of drug-likeness (QED) is 0.857. The second-order valence-corrected chi connectivity index (χ2v) is 5.61. The number of carbonyl (C=O) groups is 1. The van der Waals surface area contributed by atoms with Crippen LogP contribution in [0, 0.1) is 0 Å². The summed E-state index contributed by atoms with van der Waals surface area (Å²) in [7, 11) is 0. The van der Waals surface area contributed by atoms with Crippen LogP contribution in [0.25, 0.3) is 0 Å². The summed E-state index contributed by atoms with van der Waals surface area (Å²) in [6.07, 6.45) is 0. The lowest BCUT2D eigenvalue weighted by molar-refractivity contribution is -0.117. The van der Waals surface area contributed by atoms with Crippen LogP contribution in [0.4, 0.5) is 11.4 Å². The fourth-order valence-electron chi connectivity index (χ4n) is 2.54. The van der Waals surface area contributed by atoms with Crippen LogP contribution >= 0.6 is 11.6 Å². The molecule has 0 saturated carbocycles. The molecule has 2 aromatic carbocycles. The third-order valence-corrected chi connectivity index (χ3v) is 3.85. The van der Waals surface area contributed by atoms with Crippen LogP contribution < -0.4 is 11.1 Å². The minimum Gasteiger partial charge on any atom is -0.399 e. The van der Waals surface area contributed by atoms with E-state index in [4.69, 9.17) is 17.3 Å². The fraction of sp³-hybridized carbons (Fsp3) is 0.188. The summed E-state index contributed by atoms with van der Waals surface area (Å²) in [5.41, 5.74) is 9.38. The maximum Gasteiger partial charge on any atom is 0.238 e. The lowest BCUT2D eigenvalue weighted by atomic mass is 10.1. The molecule has 0 fully saturated rings. The molecule has 3 N–H and O–H groups in total. The van der Waals surface area contributed by atoms with E-state index < -0.39 is 0 Å². The van der Waals surface area contributed by atoms with Gasteiger partial charge in [0.1, 0.15) is 0 Å². The Labute approximate surface area is 128 Å². The summed E-state index contributed by atoms with van der Waals surface area (Å²) in [5, 5.41) is 3.27. The van der Waals surface area contributed by atoms with Crippen LogP contribution in [-0.2, 0) is 17.9 Å². The average molecular weight is 302 g/mol. The molecule has 0 bridgehead atoms. The molecule has 1 aliphatic rings. The molecule has 0 saturated heterocycles. The van der Waals surface area contributed by atoms with E-state index in [-0.39, 0.29) is 5.91 Å². The Morgan fingerprint density at radius 1 is 1.19 bits per heavy atom. The summed E-state index contributed by atoms with van der Waals surface area (Å²) >= 11 is 6.05. The standard InChI is InChI=1S/C16H16ClN3O/c17-14-7-13(18)5-6-15(14)19-16(21)10-20-8-11-3-1-2-4-12(11)9-20/h1-7H,8-10,18H2,(H,19,21). The molecule has 21 heavy (non-hydrogen) atoms. The van der Waals surface area contributed by atoms with Crippen molar-refractivity contribution in [1.29, 1.82) is 0 Å². The largest absolute Gasteiger partial charge is 0.399 e. The van der Waals surface area contributed by atoms with Gasteiger partial charge in [-0.1, -0.05) is 35.9 Å². The van der Waals surface area contributed by atoms with Gasteiger partial charge in [-0.15, -0.1) is 0 Å². The number of hydrogen-bond acceptors (Lipinski definition) is 3. The van der Waals surface area contributed by atoms with E-state index in [2.05, 4.69) is 22.3 Å². The van der Waals surface area contributed by atoms with Gasteiger partial charge in [0.25, 0.3) is 0 Å². The van der Waals surface area contributed by atoms with Gasteiger partial charge in [0, 0.05) is 18.8 Å². The van der Waals surface area contributed by atoms with Gasteiger partial charge in [-0.2, -0.15) is 0 Å². The van der Waals surface area contributed by atoms with Gasteiger partial charge in [0.15, 0.2) is 0 Å². The monoisotopic (exact) mass is 301 g/mol. The summed E-state index contributed by atoms with van der Waals surface area (Å²) in [6, 6.07) is 13.3. The van der Waals surface area contributed by atoms with Crippen LogP contribution in [-0.4, -0.2) is 17.4 Å². The molecular formula is C16H16ClN3O. The minimum absolute atomic E-state index is 0.0746. The minimum atomic E-state index is -0.0746. The molecule has 2 aromatic rings. The highest BCUT2D eigenvalue weighted by atomic mass is 35.5. The molecule has 0 atom stereocenters. The second-order valence-electron chi connectivity index (χ2n) is 5.20. The number of anilines is 2. The maximum absolute atomic E-state index is 12.1. The van der Waals surface area contributed by atoms with E-state index in [0.29, 0.717) is 22.9 Å². The first-order valence-electron chi connectivity index (χ1n) is 6.76. The molecule has 1 heterocycles. The molecule has 108 valence electrons. The van der Waals surface area contributed by atoms with Gasteiger partial charge in [0.2, 0.25) is 5.91 Å². The number of nitrogens with zero attached hydrogens (tertiary/aromatic N) is 1. The van der Waals surface area contributed by atoms with E-state index in [9.17, 15) is 4.79 Å². The summed E-state index contributed by atoms with van der Waals surface area (Å²) in [6.45, 7) is 1.95. The van der Waals surface area contributed by atoms with Crippen molar-refractivity contribution in [2.75, 3.05) is 17.6 Å². The van der Waals surface area contributed by atoms with Crippen LogP contribution in [0.2, 0.25) is 5.02 Å². The fourth-order valence-corrected chi connectivity index (χ4v) is 2.78. The molecule has 1 aliphatic heterocycles. The van der Waals surface area contributed by atoms with Crippen LogP contribution in [0.3, 0.4) is 0 Å². The van der Waals surface area contributed by atoms with Crippen molar-refractivity contribution in [3.05, 3.63) is 58.6 Å². The maximum atomic E-state index is 12.1. The Bertz CT molecular complexity index is 662. The zero-order chi connectivity index (χ0) is 14.8. The third kappa shape index (κ3) is 3.17. The van der Waals surface area contributed by atoms with Crippen LogP contribution in [0.1, 0.15) is 11.1 Å². The molecule has 0 aliphatic carbocycles. The number of halogens is 1. The summed E-state index contributed by atoms with van der Waals surface area (Å²) in [5.74, 6) is -0.0746. The molecule has 0 radical (unpaired) electrons. The molecule has 3 rings (SSSR count). The Morgan fingerprint density at radius 3 is 2.48 bits per heavy atom. The number of fused-ring (bicyclic) bond motifs is 1. The predicted octanol–water partition coefficient (Wildman–Crippen LogP) is 2.88. The van der Waals surface area contributed by atoms with Crippen molar-refractivity contribution in [3.8, 4) is 0 Å². The topological polar surface area (TPSA) is 58.4 Å². The Balaban J connectivity index is 1.61. The van der Waals surface area contributed by atoms with Gasteiger partial charge in [-0.25, -0.2) is 0 Å². The Kier molecular flexibility index (Phi) is 3.82. The van der Waals surface area contributed by atoms with Crippen LogP contribution in [0.15, 0.2) is 42.5 Å². The third-order valence-electron chi connectivity index (χ3n) is 3.54. The first kappa shape index (κ1) is 13.9. The molecule has 5 heteroatoms. The molecule has 0 spiro atoms. The van der Waals surface area contributed by atoms with Crippen molar-refractivity contribution in [2.45, 2.75) is 13.1 Å². The van der Waals surface area contributed by atoms with Gasteiger partial charge < -0.3 is 11.1 Å². The normalized spacial score (nSPS) is 14.0. The van der Waals surface area contributed by atoms with Crippen molar-refractivity contribution in [1.82, 2.24) is 4.90 Å². The number of benzene rings is 2. The average Bonchev–Trinajstić information content (AvgIpc) is 2.84. The number of nitrogen functional groups attached to an aromatic ring is 1. The zero-order valence-corrected chi connectivity index (χ0v) is 12.2. The lowest BCUT2D eigenvalue weighted by Crippen LogP contribution is -2.29. The smallest absolute Gasteiger partial charge is 0.238 e. The number of amides is 1. The van der Waals surface area contributed by atoms with Crippen molar-refractivity contribution in [3.63, 3.8) is 0 Å². The van der Waals surface area contributed by atoms with Gasteiger partial charge in [-0.05, 0) is 29.3 Å². The first-order chi connectivity index (χ1) is 10.1. The highest BCUT2D eigenvalue weighted by Crippen LogP contribution is 2.25. The lowest BCUT2D eigenvalue weighted by Gasteiger charge is -2.15. The molecule has 1 amide bonds. The van der Waals surface area contributed by atoms with Crippen molar-refractivity contribution >= 4 is 28.9 Å². The zero-order valence-electron chi connectivity index (χ0n) is 11.5. The van der Waals surface area contributed by atoms with Crippen LogP contribution in [0.5, 0.6) is 0 Å². The number of nitrogens with one attached hydrogen (secondary N) is 1. The highest BCUT2D eigenvalue weighted by Gasteiger charge is 2.20. The van der Waals surface area contributed by atoms with E-state index in [0.717, 1.165) is 13.1 Å². The van der Waals surface area contributed by atoms with Crippen molar-refractivity contribution < 1.29 is 4.79 Å². The Morgan fingerprint density at radius 2 is 1.86 bits per heavy atom.